The molecular weight excluding hydrogens is 604 g/mol. The van der Waals surface area contributed by atoms with E-state index in [1.807, 2.05) is 0 Å². The molecule has 0 aliphatic carbocycles. The van der Waals surface area contributed by atoms with Crippen molar-refractivity contribution in [3.63, 3.8) is 0 Å². The number of aromatic nitrogens is 3. The zero-order chi connectivity index (χ0) is 33.5. The van der Waals surface area contributed by atoms with Gasteiger partial charge in [-0.3, -0.25) is 4.79 Å². The number of hydrogen-bond acceptors (Lipinski definition) is 13. The zero-order valence-corrected chi connectivity index (χ0v) is 27.0. The molecule has 3 rings (SSSR count). The molecule has 15 nitrogen and oxygen atoms in total. The summed E-state index contributed by atoms with van der Waals surface area (Å²) >= 11 is 0. The van der Waals surface area contributed by atoms with Crippen molar-refractivity contribution in [1.82, 2.24) is 20.3 Å². The third-order valence-corrected chi connectivity index (χ3v) is 8.77. The average Bonchev–Trinajstić information content (AvgIpc) is 3.53. The van der Waals surface area contributed by atoms with E-state index in [4.69, 9.17) is 14.2 Å². The molecule has 46 heavy (non-hydrogen) atoms. The first-order valence-corrected chi connectivity index (χ1v) is 17.0. The second kappa shape index (κ2) is 20.5. The maximum Gasteiger partial charge on any atom is 0.220 e. The van der Waals surface area contributed by atoms with Crippen LogP contribution in [0.2, 0.25) is 0 Å². The standard InChI is InChI=1S/C31H56N4O11/c1-2-3-4-5-6-7-8-9-10-11-12-13-14-15-23(38)32-16-20-17-35(34-33-20)30-27(42)26(41)29(22(19-37)44-30)46-31-28(43)25(40)24(39)21(18-36)45-31/h17,21-22,24-31,36-37,39-43H,2-16,18-19H2,1H3,(H,32,38)/t21-,22-,24+,25+,26-,27-,28-,29-,30-,31+/m1/s1. The Balaban J connectivity index is 1.36. The van der Waals surface area contributed by atoms with Gasteiger partial charge in [-0.05, 0) is 6.42 Å². The SMILES string of the molecule is CCCCCCCCCCCCCCCC(=O)NCc1cn([C@@H]2O[C@H](CO)[C@@H](O[C@@H]3O[C@H](CO)[C@H](O)[C@H](O)[C@H]3O)[C@H](O)[C@H]2O)nn1. The van der Waals surface area contributed by atoms with Crippen LogP contribution in [0.25, 0.3) is 0 Å². The molecule has 1 aromatic heterocycles. The van der Waals surface area contributed by atoms with Crippen molar-refractivity contribution in [3.05, 3.63) is 11.9 Å². The lowest BCUT2D eigenvalue weighted by Gasteiger charge is -2.45. The molecule has 266 valence electrons. The summed E-state index contributed by atoms with van der Waals surface area (Å²) in [5, 5.41) is 82.0. The predicted molar refractivity (Wildman–Crippen MR) is 164 cm³/mol. The first kappa shape index (κ1) is 38.7. The van der Waals surface area contributed by atoms with Crippen molar-refractivity contribution >= 4 is 5.91 Å². The summed E-state index contributed by atoms with van der Waals surface area (Å²) < 4.78 is 17.8. The molecule has 2 aliphatic heterocycles. The molecule has 15 heteroatoms. The smallest absolute Gasteiger partial charge is 0.220 e. The minimum Gasteiger partial charge on any atom is -0.394 e. The van der Waals surface area contributed by atoms with Crippen molar-refractivity contribution < 1.29 is 54.8 Å². The minimum absolute atomic E-state index is 0.101. The minimum atomic E-state index is -1.75. The number of aliphatic hydroxyl groups is 7. The summed E-state index contributed by atoms with van der Waals surface area (Å²) in [6, 6.07) is 0. The van der Waals surface area contributed by atoms with Crippen LogP contribution in [-0.4, -0.2) is 125 Å². The lowest BCUT2D eigenvalue weighted by atomic mass is 9.96. The molecule has 1 amide bonds. The molecule has 0 aromatic carbocycles. The summed E-state index contributed by atoms with van der Waals surface area (Å²) in [5.74, 6) is -0.101. The normalized spacial score (nSPS) is 31.7. The molecule has 0 unspecified atom stereocenters. The van der Waals surface area contributed by atoms with Crippen LogP contribution in [-0.2, 0) is 25.5 Å². The van der Waals surface area contributed by atoms with Gasteiger partial charge in [0, 0.05) is 6.42 Å². The molecule has 3 heterocycles. The number of nitrogens with one attached hydrogen (secondary N) is 1. The molecule has 2 fully saturated rings. The molecular formula is C31H56N4O11. The maximum absolute atomic E-state index is 12.3. The lowest BCUT2D eigenvalue weighted by Crippen LogP contribution is -2.63. The van der Waals surface area contributed by atoms with Gasteiger partial charge in [0.15, 0.2) is 12.5 Å². The highest BCUT2D eigenvalue weighted by molar-refractivity contribution is 5.75. The predicted octanol–water partition coefficient (Wildman–Crippen LogP) is 0.172. The van der Waals surface area contributed by atoms with E-state index in [9.17, 15) is 40.5 Å². The van der Waals surface area contributed by atoms with Gasteiger partial charge in [0.2, 0.25) is 5.91 Å². The highest BCUT2D eigenvalue weighted by atomic mass is 16.7. The summed E-state index contributed by atoms with van der Waals surface area (Å²) in [6.45, 7) is 0.993. The number of carbonyl (C=O) groups excluding carboxylic acids is 1. The Hall–Kier alpha value is -1.79. The number of carbonyl (C=O) groups is 1. The molecule has 0 saturated carbocycles. The van der Waals surface area contributed by atoms with E-state index in [0.717, 1.165) is 23.9 Å². The van der Waals surface area contributed by atoms with Crippen LogP contribution in [0.3, 0.4) is 0 Å². The second-order valence-corrected chi connectivity index (χ2v) is 12.5. The van der Waals surface area contributed by atoms with Crippen molar-refractivity contribution in [2.75, 3.05) is 13.2 Å². The number of ether oxygens (including phenoxy) is 3. The fourth-order valence-electron chi connectivity index (χ4n) is 5.89. The van der Waals surface area contributed by atoms with E-state index >= 15 is 0 Å². The Morgan fingerprint density at radius 3 is 1.96 bits per heavy atom. The van der Waals surface area contributed by atoms with Gasteiger partial charge in [-0.1, -0.05) is 89.2 Å². The second-order valence-electron chi connectivity index (χ2n) is 12.5. The van der Waals surface area contributed by atoms with Crippen molar-refractivity contribution in [1.29, 1.82) is 0 Å². The summed E-state index contributed by atoms with van der Waals surface area (Å²) in [4.78, 5) is 12.3. The van der Waals surface area contributed by atoms with E-state index in [1.165, 1.54) is 70.4 Å². The Morgan fingerprint density at radius 1 is 0.783 bits per heavy atom. The van der Waals surface area contributed by atoms with Crippen LogP contribution in [0.4, 0.5) is 0 Å². The van der Waals surface area contributed by atoms with Gasteiger partial charge >= 0.3 is 0 Å². The molecule has 10 atom stereocenters. The van der Waals surface area contributed by atoms with Crippen molar-refractivity contribution in [2.24, 2.45) is 0 Å². The van der Waals surface area contributed by atoms with Crippen LogP contribution in [0, 0.1) is 0 Å². The third-order valence-electron chi connectivity index (χ3n) is 8.77. The number of aliphatic hydroxyl groups excluding tert-OH is 7. The van der Waals surface area contributed by atoms with Crippen molar-refractivity contribution in [2.45, 2.75) is 165 Å². The monoisotopic (exact) mass is 660 g/mol. The fourth-order valence-corrected chi connectivity index (χ4v) is 5.89. The number of amides is 1. The Kier molecular flexibility index (Phi) is 17.3. The summed E-state index contributed by atoms with van der Waals surface area (Å²) in [5.41, 5.74) is 0.393. The van der Waals surface area contributed by atoms with Gasteiger partial charge < -0.3 is 55.3 Å². The molecule has 2 saturated heterocycles. The van der Waals surface area contributed by atoms with E-state index in [0.29, 0.717) is 12.1 Å². The molecule has 2 aliphatic rings. The molecule has 0 bridgehead atoms. The molecule has 0 radical (unpaired) electrons. The van der Waals surface area contributed by atoms with E-state index < -0.39 is 74.6 Å². The number of nitrogens with zero attached hydrogens (tertiary/aromatic N) is 3. The van der Waals surface area contributed by atoms with E-state index in [2.05, 4.69) is 22.6 Å². The topological polar surface area (TPSA) is 229 Å². The van der Waals surface area contributed by atoms with Crippen LogP contribution in [0.1, 0.15) is 109 Å². The molecule has 1 aromatic rings. The number of rotatable bonds is 21. The highest BCUT2D eigenvalue weighted by Gasteiger charge is 2.51. The van der Waals surface area contributed by atoms with Crippen molar-refractivity contribution in [3.8, 4) is 0 Å². The van der Waals surface area contributed by atoms with Crippen LogP contribution in [0.5, 0.6) is 0 Å². The van der Waals surface area contributed by atoms with Gasteiger partial charge in [0.05, 0.1) is 26.0 Å². The quantitative estimate of drug-likeness (QED) is 0.0824. The van der Waals surface area contributed by atoms with E-state index in [1.54, 1.807) is 0 Å². The third kappa shape index (κ3) is 11.4. The van der Waals surface area contributed by atoms with Crippen LogP contribution in [0.15, 0.2) is 6.20 Å². The van der Waals surface area contributed by atoms with E-state index in [-0.39, 0.29) is 12.5 Å². The zero-order valence-electron chi connectivity index (χ0n) is 27.0. The average molecular weight is 661 g/mol. The van der Waals surface area contributed by atoms with Gasteiger partial charge in [0.1, 0.15) is 54.5 Å². The number of unbranched alkanes of at least 4 members (excludes halogenated alkanes) is 12. The summed E-state index contributed by atoms with van der Waals surface area (Å²) in [7, 11) is 0. The first-order valence-electron chi connectivity index (χ1n) is 17.0. The highest BCUT2D eigenvalue weighted by Crippen LogP contribution is 2.32. The molecule has 8 N–H and O–H groups in total. The fraction of sp³-hybridized carbons (Fsp3) is 0.903. The largest absolute Gasteiger partial charge is 0.394 e. The number of hydrogen-bond donors (Lipinski definition) is 8. The molecule has 0 spiro atoms. The van der Waals surface area contributed by atoms with Gasteiger partial charge in [-0.2, -0.15) is 0 Å². The Morgan fingerprint density at radius 2 is 1.37 bits per heavy atom. The Bertz CT molecular complexity index is 984. The summed E-state index contributed by atoms with van der Waals surface area (Å²) in [6.07, 6.45) is 2.70. The van der Waals surface area contributed by atoms with Gasteiger partial charge in [-0.25, -0.2) is 4.68 Å². The van der Waals surface area contributed by atoms with Crippen LogP contribution < -0.4 is 5.32 Å². The maximum atomic E-state index is 12.3. The lowest BCUT2D eigenvalue weighted by molar-refractivity contribution is -0.347. The van der Waals surface area contributed by atoms with Gasteiger partial charge in [0.25, 0.3) is 0 Å². The Labute approximate surface area is 270 Å². The van der Waals surface area contributed by atoms with Crippen LogP contribution >= 0.6 is 0 Å². The van der Waals surface area contributed by atoms with Gasteiger partial charge in [-0.15, -0.1) is 5.10 Å². The first-order chi connectivity index (χ1) is 22.2.